The molecule has 8 nitrogen and oxygen atoms in total. The molecule has 1 fully saturated rings. The number of hydrogen-bond donors (Lipinski definition) is 2. The van der Waals surface area contributed by atoms with Crippen molar-refractivity contribution < 1.29 is 27.4 Å². The van der Waals surface area contributed by atoms with Gasteiger partial charge in [-0.05, 0) is 24.6 Å². The molecule has 176 valence electrons. The number of carbonyl (C=O) groups excluding carboxylic acids is 1. The average molecular weight is 493 g/mol. The summed E-state index contributed by atoms with van der Waals surface area (Å²) in [6.07, 6.45) is -4.80. The quantitative estimate of drug-likeness (QED) is 0.401. The number of nitrogens with zero attached hydrogens (tertiary/aromatic N) is 2. The Morgan fingerprint density at radius 3 is 2.56 bits per heavy atom. The van der Waals surface area contributed by atoms with E-state index in [0.717, 1.165) is 0 Å². The Bertz CT molecular complexity index is 1310. The molecule has 0 radical (unpaired) electrons. The summed E-state index contributed by atoms with van der Waals surface area (Å²) in [6.45, 7) is 1.32. The van der Waals surface area contributed by atoms with Crippen molar-refractivity contribution in [3.63, 3.8) is 0 Å². The number of carbonyl (C=O) groups is 1. The lowest BCUT2D eigenvalue weighted by Gasteiger charge is -2.29. The van der Waals surface area contributed by atoms with Gasteiger partial charge in [0.25, 0.3) is 0 Å². The van der Waals surface area contributed by atoms with Crippen LogP contribution in [0.3, 0.4) is 0 Å². The number of nitrogens with one attached hydrogen (secondary N) is 2. The predicted octanol–water partition coefficient (Wildman–Crippen LogP) is 4.79. The van der Waals surface area contributed by atoms with Gasteiger partial charge in [0.15, 0.2) is 5.69 Å². The lowest BCUT2D eigenvalue weighted by atomic mass is 9.71. The van der Waals surface area contributed by atoms with Gasteiger partial charge >= 0.3 is 11.9 Å². The van der Waals surface area contributed by atoms with Crippen LogP contribution in [0.25, 0.3) is 0 Å². The summed E-state index contributed by atoms with van der Waals surface area (Å²) >= 11 is 6.05. The van der Waals surface area contributed by atoms with Crippen LogP contribution in [0, 0.1) is 17.0 Å². The Labute approximate surface area is 195 Å². The summed E-state index contributed by atoms with van der Waals surface area (Å²) in [5.41, 5.74) is -2.07. The first-order chi connectivity index (χ1) is 16.1. The zero-order chi connectivity index (χ0) is 24.4. The first-order valence-electron chi connectivity index (χ1n) is 10.2. The van der Waals surface area contributed by atoms with E-state index in [1.165, 1.54) is 37.3 Å². The molecular formula is C22H16ClF3N4O4. The molecule has 0 saturated carbocycles. The number of halogens is 4. The van der Waals surface area contributed by atoms with Gasteiger partial charge in [-0.25, -0.2) is 0 Å². The van der Waals surface area contributed by atoms with Crippen LogP contribution in [-0.4, -0.2) is 28.2 Å². The third-order valence-corrected chi connectivity index (χ3v) is 6.68. The van der Waals surface area contributed by atoms with E-state index in [2.05, 4.69) is 15.8 Å². The number of rotatable bonds is 3. The Morgan fingerprint density at radius 2 is 1.91 bits per heavy atom. The fraction of sp³-hybridized carbons (Fsp3) is 0.273. The van der Waals surface area contributed by atoms with Crippen molar-refractivity contribution in [3.8, 4) is 0 Å². The smallest absolute Gasteiger partial charge is 0.353 e. The van der Waals surface area contributed by atoms with Crippen LogP contribution in [0.4, 0.5) is 24.5 Å². The van der Waals surface area contributed by atoms with Crippen molar-refractivity contribution in [3.05, 3.63) is 86.2 Å². The van der Waals surface area contributed by atoms with Crippen molar-refractivity contribution in [1.29, 1.82) is 0 Å². The molecule has 3 heterocycles. The molecule has 2 aliphatic heterocycles. The van der Waals surface area contributed by atoms with E-state index in [9.17, 15) is 28.1 Å². The molecule has 2 aromatic carbocycles. The lowest BCUT2D eigenvalue weighted by molar-refractivity contribution is -0.386. The van der Waals surface area contributed by atoms with Crippen LogP contribution in [0.15, 0.2) is 53.1 Å². The summed E-state index contributed by atoms with van der Waals surface area (Å²) in [6, 6.07) is 9.81. The first-order valence-corrected chi connectivity index (χ1v) is 10.5. The maximum absolute atomic E-state index is 14.5. The van der Waals surface area contributed by atoms with E-state index in [-0.39, 0.29) is 27.5 Å². The van der Waals surface area contributed by atoms with E-state index >= 15 is 0 Å². The highest BCUT2D eigenvalue weighted by Crippen LogP contribution is 2.60. The fourth-order valence-corrected chi connectivity index (χ4v) is 5.33. The predicted molar refractivity (Wildman–Crippen MR) is 115 cm³/mol. The largest absolute Gasteiger partial charge is 0.404 e. The highest BCUT2D eigenvalue weighted by Gasteiger charge is 2.69. The first kappa shape index (κ1) is 22.4. The third-order valence-electron chi connectivity index (χ3n) is 6.44. The van der Waals surface area contributed by atoms with Gasteiger partial charge in [-0.1, -0.05) is 53.2 Å². The van der Waals surface area contributed by atoms with Crippen LogP contribution in [0.5, 0.6) is 0 Å². The Kier molecular flexibility index (Phi) is 4.96. The van der Waals surface area contributed by atoms with E-state index in [4.69, 9.17) is 16.1 Å². The Hall–Kier alpha value is -3.44. The highest BCUT2D eigenvalue weighted by atomic mass is 35.5. The zero-order valence-electron chi connectivity index (χ0n) is 17.4. The SMILES string of the molecule is Cc1noc([C@@H]2[C@@H](c3ccccc3)[C@H](C(F)(F)F)N[C@@]23C(=O)Nc2cc(Cl)ccc23)c1[N+](=O)[O-]. The van der Waals surface area contributed by atoms with Crippen molar-refractivity contribution in [2.45, 2.75) is 36.5 Å². The van der Waals surface area contributed by atoms with Crippen molar-refractivity contribution in [2.75, 3.05) is 5.32 Å². The van der Waals surface area contributed by atoms with Gasteiger partial charge in [-0.2, -0.15) is 13.2 Å². The monoisotopic (exact) mass is 492 g/mol. The van der Waals surface area contributed by atoms with Crippen LogP contribution in [0.1, 0.15) is 34.4 Å². The minimum atomic E-state index is -4.80. The minimum absolute atomic E-state index is 0.104. The second-order valence-electron chi connectivity index (χ2n) is 8.27. The minimum Gasteiger partial charge on any atom is -0.353 e. The molecule has 34 heavy (non-hydrogen) atoms. The zero-order valence-corrected chi connectivity index (χ0v) is 18.1. The van der Waals surface area contributed by atoms with Gasteiger partial charge in [0, 0.05) is 22.2 Å². The topological polar surface area (TPSA) is 110 Å². The van der Waals surface area contributed by atoms with E-state index < -0.39 is 51.9 Å². The summed E-state index contributed by atoms with van der Waals surface area (Å²) in [5, 5.41) is 20.9. The number of benzene rings is 2. The number of alkyl halides is 3. The number of fused-ring (bicyclic) bond motifs is 2. The second kappa shape index (κ2) is 7.54. The standard InChI is InChI=1S/C22H16ClF3N4O4/c1-10-17(30(32)33)18(34-29-10)16-15(11-5-3-2-4-6-11)19(22(24,25)26)28-21(16)13-8-7-12(23)9-14(13)27-20(21)31/h2-9,15-16,19,28H,1H3,(H,27,31)/t15-,16+,19-,21-/m1/s1. The molecule has 1 aromatic heterocycles. The maximum atomic E-state index is 14.5. The van der Waals surface area contributed by atoms with E-state index in [1.807, 2.05) is 0 Å². The van der Waals surface area contributed by atoms with Crippen molar-refractivity contribution >= 4 is 28.9 Å². The average Bonchev–Trinajstić information content (AvgIpc) is 3.40. The van der Waals surface area contributed by atoms with Crippen LogP contribution < -0.4 is 10.6 Å². The van der Waals surface area contributed by atoms with Crippen molar-refractivity contribution in [2.24, 2.45) is 0 Å². The van der Waals surface area contributed by atoms with Gasteiger partial charge in [0.1, 0.15) is 11.6 Å². The molecule has 1 spiro atoms. The van der Waals surface area contributed by atoms with Gasteiger partial charge in [-0.3, -0.25) is 20.2 Å². The molecule has 2 aliphatic rings. The van der Waals surface area contributed by atoms with Crippen LogP contribution >= 0.6 is 11.6 Å². The fourth-order valence-electron chi connectivity index (χ4n) is 5.16. The molecule has 0 unspecified atom stereocenters. The number of aromatic nitrogens is 1. The number of nitro groups is 1. The molecule has 5 rings (SSSR count). The molecule has 4 atom stereocenters. The normalized spacial score (nSPS) is 26.0. The third kappa shape index (κ3) is 3.11. The highest BCUT2D eigenvalue weighted by molar-refractivity contribution is 6.31. The van der Waals surface area contributed by atoms with Crippen molar-refractivity contribution in [1.82, 2.24) is 10.5 Å². The van der Waals surface area contributed by atoms with Gasteiger partial charge in [0.2, 0.25) is 11.7 Å². The molecule has 3 aromatic rings. The Balaban J connectivity index is 1.86. The maximum Gasteiger partial charge on any atom is 0.404 e. The van der Waals surface area contributed by atoms with Gasteiger partial charge in [-0.15, -0.1) is 0 Å². The van der Waals surface area contributed by atoms with Gasteiger partial charge < -0.3 is 9.84 Å². The molecular weight excluding hydrogens is 477 g/mol. The summed E-state index contributed by atoms with van der Waals surface area (Å²) in [4.78, 5) is 24.6. The number of anilines is 1. The van der Waals surface area contributed by atoms with E-state index in [1.54, 1.807) is 18.2 Å². The lowest BCUT2D eigenvalue weighted by Crippen LogP contribution is -2.52. The van der Waals surface area contributed by atoms with Gasteiger partial charge in [0.05, 0.1) is 10.8 Å². The molecule has 12 heteroatoms. The molecule has 0 aliphatic carbocycles. The Morgan fingerprint density at radius 1 is 1.21 bits per heavy atom. The number of amides is 1. The van der Waals surface area contributed by atoms with Crippen LogP contribution in [-0.2, 0) is 10.3 Å². The summed E-state index contributed by atoms with van der Waals surface area (Å²) in [7, 11) is 0. The number of aryl methyl sites for hydroxylation is 1. The molecule has 1 saturated heterocycles. The summed E-state index contributed by atoms with van der Waals surface area (Å²) in [5.74, 6) is -4.11. The summed E-state index contributed by atoms with van der Waals surface area (Å²) < 4.78 is 48.7. The second-order valence-corrected chi connectivity index (χ2v) is 8.70. The molecule has 2 N–H and O–H groups in total. The molecule has 1 amide bonds. The van der Waals surface area contributed by atoms with E-state index in [0.29, 0.717) is 0 Å². The number of hydrogen-bond acceptors (Lipinski definition) is 6. The van der Waals surface area contributed by atoms with Crippen LogP contribution in [0.2, 0.25) is 5.02 Å². The molecule has 0 bridgehead atoms.